The molecule has 0 aliphatic rings. The van der Waals surface area contributed by atoms with Gasteiger partial charge < -0.3 is 11.1 Å². The molecule has 0 bridgehead atoms. The monoisotopic (exact) mass is 268 g/mol. The molecular weight excluding hydrogens is 248 g/mol. The lowest BCUT2D eigenvalue weighted by Crippen LogP contribution is -2.28. The number of rotatable bonds is 5. The van der Waals surface area contributed by atoms with Gasteiger partial charge in [0.15, 0.2) is 0 Å². The molecule has 1 amide bonds. The predicted octanol–water partition coefficient (Wildman–Crippen LogP) is 2.57. The first-order valence-corrected chi connectivity index (χ1v) is 6.81. The first-order chi connectivity index (χ1) is 9.69. The molecule has 1 atom stereocenters. The van der Waals surface area contributed by atoms with Crippen LogP contribution in [0.2, 0.25) is 0 Å². The van der Waals surface area contributed by atoms with E-state index in [1.54, 1.807) is 0 Å². The van der Waals surface area contributed by atoms with Gasteiger partial charge in [0.05, 0.1) is 12.5 Å². The lowest BCUT2D eigenvalue weighted by atomic mass is 10.1. The van der Waals surface area contributed by atoms with Gasteiger partial charge in [-0.25, -0.2) is 0 Å². The van der Waals surface area contributed by atoms with E-state index in [1.807, 2.05) is 61.5 Å². The average molecular weight is 268 g/mol. The Hall–Kier alpha value is -2.13. The first-order valence-electron chi connectivity index (χ1n) is 6.81. The fourth-order valence-corrected chi connectivity index (χ4v) is 2.10. The van der Waals surface area contributed by atoms with Gasteiger partial charge in [0.2, 0.25) is 5.91 Å². The molecule has 3 N–H and O–H groups in total. The van der Waals surface area contributed by atoms with Crippen LogP contribution in [0.15, 0.2) is 54.6 Å². The second-order valence-corrected chi connectivity index (χ2v) is 4.90. The summed E-state index contributed by atoms with van der Waals surface area (Å²) in [6, 6.07) is 17.8. The summed E-state index contributed by atoms with van der Waals surface area (Å²) in [5.74, 6) is 0.0339. The highest BCUT2D eigenvalue weighted by Crippen LogP contribution is 2.13. The topological polar surface area (TPSA) is 55.1 Å². The minimum atomic E-state index is -0.00182. The van der Waals surface area contributed by atoms with Crippen molar-refractivity contribution >= 4 is 5.91 Å². The summed E-state index contributed by atoms with van der Waals surface area (Å²) in [6.07, 6.45) is 0.409. The summed E-state index contributed by atoms with van der Waals surface area (Å²) in [4.78, 5) is 12.0. The highest BCUT2D eigenvalue weighted by atomic mass is 16.1. The highest BCUT2D eigenvalue weighted by molar-refractivity contribution is 5.78. The number of amides is 1. The van der Waals surface area contributed by atoms with Crippen molar-refractivity contribution in [3.8, 4) is 0 Å². The second-order valence-electron chi connectivity index (χ2n) is 4.90. The van der Waals surface area contributed by atoms with Crippen LogP contribution in [0.3, 0.4) is 0 Å². The zero-order valence-corrected chi connectivity index (χ0v) is 11.7. The summed E-state index contributed by atoms with van der Waals surface area (Å²) in [5, 5.41) is 3.01. The summed E-state index contributed by atoms with van der Waals surface area (Å²) in [6.45, 7) is 2.52. The van der Waals surface area contributed by atoms with Crippen LogP contribution in [-0.2, 0) is 17.8 Å². The third-order valence-electron chi connectivity index (χ3n) is 3.30. The molecule has 0 aliphatic carbocycles. The van der Waals surface area contributed by atoms with Gasteiger partial charge in [0.1, 0.15) is 0 Å². The molecule has 0 radical (unpaired) electrons. The Bertz CT molecular complexity index is 549. The van der Waals surface area contributed by atoms with Gasteiger partial charge in [-0.3, -0.25) is 4.79 Å². The van der Waals surface area contributed by atoms with Gasteiger partial charge in [0.25, 0.3) is 0 Å². The third-order valence-corrected chi connectivity index (χ3v) is 3.30. The van der Waals surface area contributed by atoms with Crippen LogP contribution < -0.4 is 11.1 Å². The number of nitrogens with one attached hydrogen (secondary N) is 1. The van der Waals surface area contributed by atoms with E-state index in [0.29, 0.717) is 13.0 Å². The van der Waals surface area contributed by atoms with E-state index < -0.39 is 0 Å². The maximum absolute atomic E-state index is 12.0. The van der Waals surface area contributed by atoms with E-state index >= 15 is 0 Å². The molecule has 20 heavy (non-hydrogen) atoms. The van der Waals surface area contributed by atoms with Crippen molar-refractivity contribution in [1.29, 1.82) is 0 Å². The van der Waals surface area contributed by atoms with E-state index in [4.69, 9.17) is 5.73 Å². The molecular formula is C17H20N2O. The molecule has 0 heterocycles. The molecule has 1 unspecified atom stereocenters. The lowest BCUT2D eigenvalue weighted by Gasteiger charge is -2.15. The molecule has 2 aromatic carbocycles. The fourth-order valence-electron chi connectivity index (χ4n) is 2.10. The van der Waals surface area contributed by atoms with Crippen molar-refractivity contribution in [1.82, 2.24) is 5.32 Å². The minimum Gasteiger partial charge on any atom is -0.349 e. The number of nitrogens with two attached hydrogens (primary N) is 1. The van der Waals surface area contributed by atoms with Crippen LogP contribution >= 0.6 is 0 Å². The van der Waals surface area contributed by atoms with E-state index in [9.17, 15) is 4.79 Å². The van der Waals surface area contributed by atoms with Gasteiger partial charge in [-0.15, -0.1) is 0 Å². The second kappa shape index (κ2) is 6.87. The van der Waals surface area contributed by atoms with Crippen LogP contribution in [0.5, 0.6) is 0 Å². The Labute approximate surface area is 119 Å². The molecule has 0 aliphatic heterocycles. The molecule has 0 fully saturated rings. The number of hydrogen-bond acceptors (Lipinski definition) is 2. The van der Waals surface area contributed by atoms with Crippen LogP contribution in [0.4, 0.5) is 0 Å². The van der Waals surface area contributed by atoms with E-state index in [2.05, 4.69) is 5.32 Å². The normalized spacial score (nSPS) is 11.9. The number of hydrogen-bond donors (Lipinski definition) is 2. The molecule has 0 aromatic heterocycles. The molecule has 2 rings (SSSR count). The van der Waals surface area contributed by atoms with Crippen LogP contribution in [0.1, 0.15) is 29.7 Å². The van der Waals surface area contributed by atoms with Crippen LogP contribution in [0.25, 0.3) is 0 Å². The smallest absolute Gasteiger partial charge is 0.224 e. The van der Waals surface area contributed by atoms with Gasteiger partial charge >= 0.3 is 0 Å². The summed E-state index contributed by atoms with van der Waals surface area (Å²) >= 11 is 0. The number of carbonyl (C=O) groups excluding carboxylic acids is 1. The fraction of sp³-hybridized carbons (Fsp3) is 0.235. The Kier molecular flexibility index (Phi) is 4.91. The first kappa shape index (κ1) is 14.3. The van der Waals surface area contributed by atoms with Crippen molar-refractivity contribution in [3.05, 3.63) is 71.3 Å². The Morgan fingerprint density at radius 3 is 2.30 bits per heavy atom. The Balaban J connectivity index is 1.93. The van der Waals surface area contributed by atoms with Gasteiger partial charge in [-0.2, -0.15) is 0 Å². The molecule has 104 valence electrons. The van der Waals surface area contributed by atoms with Crippen molar-refractivity contribution in [2.45, 2.75) is 25.9 Å². The third kappa shape index (κ3) is 3.93. The zero-order valence-electron chi connectivity index (χ0n) is 11.7. The number of carbonyl (C=O) groups is 1. The highest BCUT2D eigenvalue weighted by Gasteiger charge is 2.09. The van der Waals surface area contributed by atoms with Gasteiger partial charge in [-0.1, -0.05) is 54.6 Å². The minimum absolute atomic E-state index is 0.00182. The van der Waals surface area contributed by atoms with Gasteiger partial charge in [0, 0.05) is 6.54 Å². The van der Waals surface area contributed by atoms with Crippen molar-refractivity contribution in [2.24, 2.45) is 5.73 Å². The maximum atomic E-state index is 12.0. The van der Waals surface area contributed by atoms with Crippen molar-refractivity contribution in [3.63, 3.8) is 0 Å². The summed E-state index contributed by atoms with van der Waals surface area (Å²) in [7, 11) is 0. The molecule has 0 spiro atoms. The molecule has 0 saturated heterocycles. The zero-order chi connectivity index (χ0) is 14.4. The molecule has 2 aromatic rings. The molecule has 0 saturated carbocycles. The van der Waals surface area contributed by atoms with Crippen LogP contribution in [0, 0.1) is 0 Å². The van der Waals surface area contributed by atoms with Crippen molar-refractivity contribution in [2.75, 3.05) is 0 Å². The molecule has 3 heteroatoms. The van der Waals surface area contributed by atoms with Crippen molar-refractivity contribution < 1.29 is 4.79 Å². The lowest BCUT2D eigenvalue weighted by molar-refractivity contribution is -0.121. The van der Waals surface area contributed by atoms with Crippen LogP contribution in [-0.4, -0.2) is 5.91 Å². The quantitative estimate of drug-likeness (QED) is 0.875. The predicted molar refractivity (Wildman–Crippen MR) is 81.0 cm³/mol. The standard InChI is InChI=1S/C17H20N2O/c1-13(16-9-7-15(12-18)8-10-16)19-17(20)11-14-5-3-2-4-6-14/h2-10,13H,11-12,18H2,1H3,(H,19,20). The van der Waals surface area contributed by atoms with E-state index in [1.165, 1.54) is 0 Å². The SMILES string of the molecule is CC(NC(=O)Cc1ccccc1)c1ccc(CN)cc1. The average Bonchev–Trinajstić information content (AvgIpc) is 2.48. The Morgan fingerprint density at radius 1 is 1.05 bits per heavy atom. The summed E-state index contributed by atoms with van der Waals surface area (Å²) in [5.41, 5.74) is 8.78. The maximum Gasteiger partial charge on any atom is 0.224 e. The van der Waals surface area contributed by atoms with E-state index in [-0.39, 0.29) is 11.9 Å². The summed E-state index contributed by atoms with van der Waals surface area (Å²) < 4.78 is 0. The Morgan fingerprint density at radius 2 is 1.70 bits per heavy atom. The number of benzene rings is 2. The van der Waals surface area contributed by atoms with E-state index in [0.717, 1.165) is 16.7 Å². The van der Waals surface area contributed by atoms with Gasteiger partial charge in [-0.05, 0) is 23.6 Å². The molecule has 3 nitrogen and oxygen atoms in total. The largest absolute Gasteiger partial charge is 0.349 e.